The number of carboxylic acids is 1. The average molecular weight is 575 g/mol. The molecule has 216 valence electrons. The smallest absolute Gasteiger partial charge is 0.550 e. The van der Waals surface area contributed by atoms with Crippen molar-refractivity contribution in [2.24, 2.45) is 50.2 Å². The summed E-state index contributed by atoms with van der Waals surface area (Å²) in [5.41, 5.74) is -0.449. The van der Waals surface area contributed by atoms with Gasteiger partial charge >= 0.3 is 40.0 Å². The third-order valence-electron chi connectivity index (χ3n) is 13.3. The Morgan fingerprint density at radius 3 is 2.26 bits per heavy atom. The molecule has 0 aromatic rings. The van der Waals surface area contributed by atoms with Gasteiger partial charge in [0.05, 0.1) is 12.7 Å². The fourth-order valence-electron chi connectivity index (χ4n) is 10.8. The molecule has 5 aliphatic rings. The number of fused-ring (bicyclic) bond motifs is 7. The topological polar surface area (TPSA) is 124 Å². The molecule has 9 heteroatoms. The molecule has 0 bridgehead atoms. The first-order valence-corrected chi connectivity index (χ1v) is 15.9. The third-order valence-corrected chi connectivity index (χ3v) is 13.8. The number of allylic oxidation sites excluding steroid dienone is 2. The molecule has 2 N–H and O–H groups in total. The van der Waals surface area contributed by atoms with Gasteiger partial charge in [0.2, 0.25) is 0 Å². The first kappa shape index (κ1) is 32.0. The van der Waals surface area contributed by atoms with Crippen LogP contribution in [0, 0.1) is 50.2 Å². The predicted molar refractivity (Wildman–Crippen MR) is 142 cm³/mol. The minimum Gasteiger partial charge on any atom is -0.550 e. The Morgan fingerprint density at radius 2 is 1.64 bits per heavy atom. The van der Waals surface area contributed by atoms with Gasteiger partial charge in [0.25, 0.3) is 0 Å². The summed E-state index contributed by atoms with van der Waals surface area (Å²) in [5, 5.41) is 23.8. The van der Waals surface area contributed by atoms with Gasteiger partial charge in [-0.1, -0.05) is 53.2 Å². The maximum absolute atomic E-state index is 12.7. The van der Waals surface area contributed by atoms with E-state index in [-0.39, 0.29) is 69.7 Å². The number of carbonyl (C=O) groups excluding carboxylic acids is 1. The van der Waals surface area contributed by atoms with Crippen LogP contribution in [-0.4, -0.2) is 36.8 Å². The van der Waals surface area contributed by atoms with Crippen molar-refractivity contribution in [2.75, 3.05) is 6.61 Å². The Hall–Kier alpha value is 0.0400. The second-order valence-electron chi connectivity index (χ2n) is 15.4. The third kappa shape index (κ3) is 4.56. The van der Waals surface area contributed by atoms with E-state index in [9.17, 15) is 28.0 Å². The van der Waals surface area contributed by atoms with Gasteiger partial charge < -0.3 is 15.0 Å². The summed E-state index contributed by atoms with van der Waals surface area (Å²) >= 11 is 0. The predicted octanol–water partition coefficient (Wildman–Crippen LogP) is 1.70. The number of carboxylic acid groups (broad SMARTS) is 1. The van der Waals surface area contributed by atoms with Gasteiger partial charge in [-0.3, -0.25) is 4.55 Å². The van der Waals surface area contributed by atoms with Crippen LogP contribution in [0.3, 0.4) is 0 Å². The molecule has 4 fully saturated rings. The Kier molecular flexibility index (Phi) is 8.02. The van der Waals surface area contributed by atoms with Gasteiger partial charge in [-0.25, -0.2) is 4.18 Å². The second kappa shape index (κ2) is 9.78. The molecule has 5 rings (SSSR count). The van der Waals surface area contributed by atoms with E-state index in [1.54, 1.807) is 0 Å². The number of rotatable bonds is 4. The maximum atomic E-state index is 12.7. The number of carbonyl (C=O) groups is 1. The van der Waals surface area contributed by atoms with Crippen LogP contribution in [0.2, 0.25) is 0 Å². The summed E-state index contributed by atoms with van der Waals surface area (Å²) in [6.45, 7) is 13.3. The molecular formula is C30H47NaO7S. The van der Waals surface area contributed by atoms with Crippen LogP contribution in [-0.2, 0) is 19.4 Å². The van der Waals surface area contributed by atoms with Gasteiger partial charge in [0, 0.05) is 16.8 Å². The molecule has 7 nitrogen and oxygen atoms in total. The summed E-state index contributed by atoms with van der Waals surface area (Å²) in [6, 6.07) is 0. The van der Waals surface area contributed by atoms with Crippen molar-refractivity contribution in [3.63, 3.8) is 0 Å². The van der Waals surface area contributed by atoms with E-state index in [1.165, 1.54) is 5.57 Å². The first-order valence-electron chi connectivity index (χ1n) is 14.6. The zero-order valence-electron chi connectivity index (χ0n) is 25.0. The van der Waals surface area contributed by atoms with Crippen molar-refractivity contribution in [2.45, 2.75) is 112 Å². The number of hydrogen-bond acceptors (Lipinski definition) is 6. The van der Waals surface area contributed by atoms with Crippen molar-refractivity contribution in [3.8, 4) is 0 Å². The fraction of sp³-hybridized carbons (Fsp3) is 0.900. The minimum atomic E-state index is -4.61. The van der Waals surface area contributed by atoms with E-state index in [1.807, 2.05) is 6.92 Å². The molecule has 0 aliphatic heterocycles. The van der Waals surface area contributed by atoms with Crippen LogP contribution >= 0.6 is 0 Å². The minimum absolute atomic E-state index is 0. The van der Waals surface area contributed by atoms with Crippen LogP contribution in [0.1, 0.15) is 106 Å². The molecule has 0 unspecified atom stereocenters. The quantitative estimate of drug-likeness (QED) is 0.298. The molecular weight excluding hydrogens is 527 g/mol. The Balaban J connectivity index is 0.00000353. The van der Waals surface area contributed by atoms with Crippen LogP contribution in [0.4, 0.5) is 0 Å². The molecule has 5 aliphatic carbocycles. The largest absolute Gasteiger partial charge is 1.00 e. The maximum Gasteiger partial charge on any atom is 1.00 e. The Labute approximate surface area is 257 Å². The molecule has 39 heavy (non-hydrogen) atoms. The molecule has 0 spiro atoms. The molecule has 0 amide bonds. The number of hydrogen-bond donors (Lipinski definition) is 2. The van der Waals surface area contributed by atoms with Crippen LogP contribution in [0.25, 0.3) is 0 Å². The van der Waals surface area contributed by atoms with Crippen LogP contribution < -0.4 is 34.7 Å². The van der Waals surface area contributed by atoms with Gasteiger partial charge in [0.15, 0.2) is 0 Å². The number of aliphatic hydroxyl groups is 1. The second-order valence-corrected chi connectivity index (χ2v) is 16.5. The molecule has 4 saturated carbocycles. The molecule has 0 radical (unpaired) electrons. The molecule has 9 atom stereocenters. The van der Waals surface area contributed by atoms with Crippen molar-refractivity contribution in [3.05, 3.63) is 11.6 Å². The van der Waals surface area contributed by atoms with E-state index in [0.29, 0.717) is 25.2 Å². The Morgan fingerprint density at radius 1 is 1.00 bits per heavy atom. The number of aliphatic hydroxyl groups excluding tert-OH is 1. The van der Waals surface area contributed by atoms with Crippen molar-refractivity contribution < 1.29 is 61.7 Å². The number of aliphatic carboxylic acids is 1. The summed E-state index contributed by atoms with van der Waals surface area (Å²) in [5.74, 6) is -0.525. The SMILES string of the molecule is CC1(C)CC[C@]2(C(=O)[O-])CC[C@]3(C)C(=CC[C@@H]4[C@@]5(C)CC[C@H](O)[C@@](C)(COS(=O)(=O)O)[C@@H]5CC[C@]43C)[C@@H]2C1.[Na+]. The Bertz CT molecular complexity index is 1150. The monoisotopic (exact) mass is 574 g/mol. The van der Waals surface area contributed by atoms with Crippen molar-refractivity contribution >= 4 is 16.4 Å². The van der Waals surface area contributed by atoms with E-state index in [4.69, 9.17) is 4.18 Å². The van der Waals surface area contributed by atoms with E-state index in [2.05, 4.69) is 40.7 Å². The average Bonchev–Trinajstić information content (AvgIpc) is 2.80. The zero-order valence-corrected chi connectivity index (χ0v) is 27.8. The fourth-order valence-corrected chi connectivity index (χ4v) is 11.2. The zero-order chi connectivity index (χ0) is 28.2. The molecule has 0 aromatic heterocycles. The summed E-state index contributed by atoms with van der Waals surface area (Å²) in [6.07, 6.45) is 9.67. The van der Waals surface area contributed by atoms with Crippen LogP contribution in [0.5, 0.6) is 0 Å². The van der Waals surface area contributed by atoms with Gasteiger partial charge in [-0.2, -0.15) is 8.42 Å². The van der Waals surface area contributed by atoms with E-state index >= 15 is 0 Å². The van der Waals surface area contributed by atoms with E-state index in [0.717, 1.165) is 44.9 Å². The van der Waals surface area contributed by atoms with Gasteiger partial charge in [0.1, 0.15) is 0 Å². The van der Waals surface area contributed by atoms with E-state index < -0.39 is 33.3 Å². The van der Waals surface area contributed by atoms with Crippen molar-refractivity contribution in [1.29, 1.82) is 0 Å². The van der Waals surface area contributed by atoms with Crippen LogP contribution in [0.15, 0.2) is 11.6 Å². The van der Waals surface area contributed by atoms with Gasteiger partial charge in [-0.05, 0) is 104 Å². The summed E-state index contributed by atoms with van der Waals surface area (Å²) < 4.78 is 37.2. The normalized spacial score (nSPS) is 48.8. The van der Waals surface area contributed by atoms with Crippen molar-refractivity contribution in [1.82, 2.24) is 0 Å². The first-order chi connectivity index (χ1) is 17.3. The molecule has 0 aromatic carbocycles. The standard InChI is InChI=1S/C30H48O7S.Na/c1-25(2)13-15-30(24(32)33)16-14-28(5)19(20(30)17-25)7-8-22-26(3)11-10-23(31)27(4,18-37-38(34,35)36)21(26)9-12-29(22,28)6;/h7,20-23,31H,8-18H2,1-6H3,(H,32,33)(H,34,35,36);/q;+1/p-1/t20-,21+,22+,23-,26-,27-,28+,29+,30-;/m0./s1. The van der Waals surface area contributed by atoms with Gasteiger partial charge in [-0.15, -0.1) is 0 Å². The summed E-state index contributed by atoms with van der Waals surface area (Å²) in [4.78, 5) is 12.7. The molecule has 0 heterocycles. The summed E-state index contributed by atoms with van der Waals surface area (Å²) in [7, 11) is -4.61. The molecule has 0 saturated heterocycles.